The zero-order valence-corrected chi connectivity index (χ0v) is 10.00. The molecule has 3 nitrogen and oxygen atoms in total. The van der Waals surface area contributed by atoms with Gasteiger partial charge in [-0.15, -0.1) is 11.3 Å². The minimum absolute atomic E-state index is 0.183. The highest BCUT2D eigenvalue weighted by atomic mass is 32.1. The molecule has 0 fully saturated rings. The predicted octanol–water partition coefficient (Wildman–Crippen LogP) is 2.20. The number of nitrogens with zero attached hydrogens (tertiary/aromatic N) is 1. The zero-order chi connectivity index (χ0) is 11.4. The SMILES string of the molecule is Cc1ccsc1C(Cc1ccncc1)NN. The largest absolute Gasteiger partial charge is 0.271 e. The Hall–Kier alpha value is -1.23. The molecule has 0 aromatic carbocycles. The van der Waals surface area contributed by atoms with Gasteiger partial charge in [-0.2, -0.15) is 0 Å². The van der Waals surface area contributed by atoms with Crippen LogP contribution in [0.3, 0.4) is 0 Å². The maximum atomic E-state index is 5.62. The van der Waals surface area contributed by atoms with Gasteiger partial charge in [0, 0.05) is 17.3 Å². The summed E-state index contributed by atoms with van der Waals surface area (Å²) in [6, 6.07) is 6.35. The summed E-state index contributed by atoms with van der Waals surface area (Å²) in [5.41, 5.74) is 5.42. The maximum Gasteiger partial charge on any atom is 0.0596 e. The van der Waals surface area contributed by atoms with E-state index in [1.54, 1.807) is 11.3 Å². The van der Waals surface area contributed by atoms with Crippen LogP contribution in [0.15, 0.2) is 36.0 Å². The Kier molecular flexibility index (Phi) is 3.66. The van der Waals surface area contributed by atoms with E-state index < -0.39 is 0 Å². The molecule has 2 aromatic rings. The fraction of sp³-hybridized carbons (Fsp3) is 0.250. The van der Waals surface area contributed by atoms with Crippen molar-refractivity contribution < 1.29 is 0 Å². The first-order valence-corrected chi connectivity index (χ1v) is 6.08. The molecule has 0 radical (unpaired) electrons. The van der Waals surface area contributed by atoms with E-state index in [9.17, 15) is 0 Å². The van der Waals surface area contributed by atoms with Gasteiger partial charge in [-0.3, -0.25) is 16.3 Å². The van der Waals surface area contributed by atoms with E-state index >= 15 is 0 Å². The number of pyridine rings is 1. The highest BCUT2D eigenvalue weighted by Crippen LogP contribution is 2.25. The summed E-state index contributed by atoms with van der Waals surface area (Å²) in [5, 5.41) is 2.10. The molecule has 0 saturated carbocycles. The first kappa shape index (κ1) is 11.3. The van der Waals surface area contributed by atoms with Gasteiger partial charge < -0.3 is 0 Å². The van der Waals surface area contributed by atoms with Gasteiger partial charge >= 0.3 is 0 Å². The Labute approximate surface area is 99.3 Å². The number of nitrogens with one attached hydrogen (secondary N) is 1. The molecule has 0 saturated heterocycles. The molecule has 16 heavy (non-hydrogen) atoms. The molecule has 0 bridgehead atoms. The van der Waals surface area contributed by atoms with Crippen LogP contribution in [0, 0.1) is 6.92 Å². The van der Waals surface area contributed by atoms with E-state index in [1.165, 1.54) is 16.0 Å². The zero-order valence-electron chi connectivity index (χ0n) is 9.18. The van der Waals surface area contributed by atoms with Gasteiger partial charge in [-0.05, 0) is 48.1 Å². The average molecular weight is 233 g/mol. The molecule has 0 aliphatic rings. The van der Waals surface area contributed by atoms with Crippen LogP contribution in [-0.4, -0.2) is 4.98 Å². The molecule has 84 valence electrons. The van der Waals surface area contributed by atoms with Gasteiger partial charge in [0.1, 0.15) is 0 Å². The second-order valence-electron chi connectivity index (χ2n) is 3.75. The number of hydrogen-bond acceptors (Lipinski definition) is 4. The quantitative estimate of drug-likeness (QED) is 0.629. The van der Waals surface area contributed by atoms with Gasteiger partial charge in [0.25, 0.3) is 0 Å². The lowest BCUT2D eigenvalue weighted by Gasteiger charge is -2.15. The monoisotopic (exact) mass is 233 g/mol. The second kappa shape index (κ2) is 5.21. The first-order chi connectivity index (χ1) is 7.81. The van der Waals surface area contributed by atoms with Gasteiger partial charge in [-0.1, -0.05) is 0 Å². The van der Waals surface area contributed by atoms with Crippen molar-refractivity contribution in [3.8, 4) is 0 Å². The summed E-state index contributed by atoms with van der Waals surface area (Å²) >= 11 is 1.74. The van der Waals surface area contributed by atoms with Crippen molar-refractivity contribution in [3.05, 3.63) is 52.0 Å². The van der Waals surface area contributed by atoms with E-state index in [0.717, 1.165) is 6.42 Å². The van der Waals surface area contributed by atoms with E-state index in [0.29, 0.717) is 0 Å². The van der Waals surface area contributed by atoms with Crippen LogP contribution in [-0.2, 0) is 6.42 Å². The van der Waals surface area contributed by atoms with Crippen molar-refractivity contribution in [3.63, 3.8) is 0 Å². The minimum Gasteiger partial charge on any atom is -0.271 e. The average Bonchev–Trinajstić information content (AvgIpc) is 2.74. The van der Waals surface area contributed by atoms with E-state index in [4.69, 9.17) is 5.84 Å². The third-order valence-electron chi connectivity index (χ3n) is 2.61. The molecule has 2 aromatic heterocycles. The highest BCUT2D eigenvalue weighted by molar-refractivity contribution is 7.10. The Morgan fingerprint density at radius 3 is 2.69 bits per heavy atom. The standard InChI is InChI=1S/C12H15N3S/c1-9-4-7-16-12(9)11(15-13)8-10-2-5-14-6-3-10/h2-7,11,15H,8,13H2,1H3. The third kappa shape index (κ3) is 2.47. The molecule has 4 heteroatoms. The van der Waals surface area contributed by atoms with Gasteiger partial charge in [0.05, 0.1) is 6.04 Å². The van der Waals surface area contributed by atoms with E-state index in [1.807, 2.05) is 24.5 Å². The highest BCUT2D eigenvalue weighted by Gasteiger charge is 2.13. The smallest absolute Gasteiger partial charge is 0.0596 e. The lowest BCUT2D eigenvalue weighted by atomic mass is 10.0. The van der Waals surface area contributed by atoms with Crippen molar-refractivity contribution in [2.24, 2.45) is 5.84 Å². The molecule has 2 rings (SSSR count). The summed E-state index contributed by atoms with van der Waals surface area (Å²) < 4.78 is 0. The van der Waals surface area contributed by atoms with Crippen LogP contribution in [0.1, 0.15) is 22.0 Å². The van der Waals surface area contributed by atoms with Crippen molar-refractivity contribution in [1.82, 2.24) is 10.4 Å². The topological polar surface area (TPSA) is 50.9 Å². The van der Waals surface area contributed by atoms with Gasteiger partial charge in [-0.25, -0.2) is 0 Å². The molecular formula is C12H15N3S. The summed E-state index contributed by atoms with van der Waals surface area (Å²) in [4.78, 5) is 5.31. The van der Waals surface area contributed by atoms with E-state index in [-0.39, 0.29) is 6.04 Å². The third-order valence-corrected chi connectivity index (χ3v) is 3.74. The summed E-state index contributed by atoms with van der Waals surface area (Å²) in [6.45, 7) is 2.11. The van der Waals surface area contributed by atoms with Crippen molar-refractivity contribution in [2.45, 2.75) is 19.4 Å². The lowest BCUT2D eigenvalue weighted by Crippen LogP contribution is -2.29. The van der Waals surface area contributed by atoms with Crippen molar-refractivity contribution in [2.75, 3.05) is 0 Å². The Bertz CT molecular complexity index is 439. The van der Waals surface area contributed by atoms with Crippen LogP contribution in [0.4, 0.5) is 0 Å². The van der Waals surface area contributed by atoms with Crippen molar-refractivity contribution in [1.29, 1.82) is 0 Å². The van der Waals surface area contributed by atoms with Crippen molar-refractivity contribution >= 4 is 11.3 Å². The van der Waals surface area contributed by atoms with Gasteiger partial charge in [0.2, 0.25) is 0 Å². The molecule has 1 atom stereocenters. The Morgan fingerprint density at radius 2 is 2.12 bits per heavy atom. The first-order valence-electron chi connectivity index (χ1n) is 5.20. The molecule has 1 unspecified atom stereocenters. The Morgan fingerprint density at radius 1 is 1.38 bits per heavy atom. The van der Waals surface area contributed by atoms with Crippen LogP contribution in [0.2, 0.25) is 0 Å². The molecule has 0 amide bonds. The molecule has 0 aliphatic carbocycles. The van der Waals surface area contributed by atoms with Gasteiger partial charge in [0.15, 0.2) is 0 Å². The summed E-state index contributed by atoms with van der Waals surface area (Å²) in [6.07, 6.45) is 4.51. The van der Waals surface area contributed by atoms with Crippen LogP contribution in [0.5, 0.6) is 0 Å². The number of rotatable bonds is 4. The number of aryl methyl sites for hydroxylation is 1. The van der Waals surface area contributed by atoms with Crippen LogP contribution in [0.25, 0.3) is 0 Å². The molecule has 3 N–H and O–H groups in total. The fourth-order valence-electron chi connectivity index (χ4n) is 1.72. The fourth-order valence-corrected chi connectivity index (χ4v) is 2.71. The number of aromatic nitrogens is 1. The number of nitrogens with two attached hydrogens (primary N) is 1. The minimum atomic E-state index is 0.183. The number of hydrazine groups is 1. The van der Waals surface area contributed by atoms with E-state index in [2.05, 4.69) is 28.8 Å². The summed E-state index contributed by atoms with van der Waals surface area (Å²) in [7, 11) is 0. The van der Waals surface area contributed by atoms with Crippen LogP contribution >= 0.6 is 11.3 Å². The summed E-state index contributed by atoms with van der Waals surface area (Å²) in [5.74, 6) is 5.62. The molecule has 0 aliphatic heterocycles. The number of thiophene rings is 1. The maximum absolute atomic E-state index is 5.62. The normalized spacial score (nSPS) is 12.6. The molecule has 0 spiro atoms. The predicted molar refractivity (Wildman–Crippen MR) is 67.1 cm³/mol. The lowest BCUT2D eigenvalue weighted by molar-refractivity contribution is 0.558. The Balaban J connectivity index is 2.16. The number of hydrogen-bond donors (Lipinski definition) is 2. The van der Waals surface area contributed by atoms with Crippen LogP contribution < -0.4 is 11.3 Å². The molecule has 2 heterocycles. The second-order valence-corrected chi connectivity index (χ2v) is 4.69. The molecular weight excluding hydrogens is 218 g/mol.